The Balaban J connectivity index is 1.65. The Bertz CT molecular complexity index is 394. The zero-order valence-electron chi connectivity index (χ0n) is 10.6. The van der Waals surface area contributed by atoms with Crippen molar-refractivity contribution >= 4 is 6.03 Å². The predicted molar refractivity (Wildman–Crippen MR) is 70.3 cm³/mol. The van der Waals surface area contributed by atoms with Gasteiger partial charge in [-0.05, 0) is 17.9 Å². The molecule has 4 nitrogen and oxygen atoms in total. The van der Waals surface area contributed by atoms with Crippen molar-refractivity contribution in [1.29, 1.82) is 0 Å². The summed E-state index contributed by atoms with van der Waals surface area (Å²) in [7, 11) is 0. The lowest BCUT2D eigenvalue weighted by atomic mass is 10.1. The number of amides is 2. The Morgan fingerprint density at radius 1 is 1.44 bits per heavy atom. The second-order valence-electron chi connectivity index (χ2n) is 5.02. The van der Waals surface area contributed by atoms with E-state index in [9.17, 15) is 9.90 Å². The van der Waals surface area contributed by atoms with Crippen LogP contribution in [0.4, 0.5) is 4.79 Å². The molecule has 2 rings (SSSR count). The van der Waals surface area contributed by atoms with Gasteiger partial charge in [0.15, 0.2) is 0 Å². The molecule has 3 N–H and O–H groups in total. The molecule has 4 heteroatoms. The number of hydrogen-bond acceptors (Lipinski definition) is 2. The number of nitrogens with one attached hydrogen (secondary N) is 2. The van der Waals surface area contributed by atoms with Crippen molar-refractivity contribution in [3.05, 3.63) is 35.9 Å². The first-order chi connectivity index (χ1) is 8.65. The Morgan fingerprint density at radius 2 is 2.11 bits per heavy atom. The van der Waals surface area contributed by atoms with Crippen molar-refractivity contribution in [2.24, 2.45) is 5.92 Å². The molecule has 18 heavy (non-hydrogen) atoms. The molecule has 1 aromatic carbocycles. The third kappa shape index (κ3) is 4.04. The van der Waals surface area contributed by atoms with E-state index in [1.165, 1.54) is 0 Å². The van der Waals surface area contributed by atoms with E-state index < -0.39 is 6.10 Å². The molecular formula is C14H20N2O2. The first-order valence-electron chi connectivity index (χ1n) is 6.41. The highest BCUT2D eigenvalue weighted by molar-refractivity contribution is 5.74. The van der Waals surface area contributed by atoms with E-state index in [1.54, 1.807) is 0 Å². The van der Waals surface area contributed by atoms with Crippen molar-refractivity contribution in [2.75, 3.05) is 6.54 Å². The monoisotopic (exact) mass is 248 g/mol. The number of hydrogen-bond donors (Lipinski definition) is 3. The van der Waals surface area contributed by atoms with Crippen LogP contribution in [0.3, 0.4) is 0 Å². The number of benzene rings is 1. The molecule has 0 aromatic heterocycles. The van der Waals surface area contributed by atoms with Crippen LogP contribution in [0.5, 0.6) is 0 Å². The van der Waals surface area contributed by atoms with Gasteiger partial charge in [0.05, 0.1) is 6.10 Å². The molecule has 1 aliphatic rings. The van der Waals surface area contributed by atoms with Gasteiger partial charge in [-0.1, -0.05) is 37.3 Å². The van der Waals surface area contributed by atoms with E-state index in [-0.39, 0.29) is 12.6 Å². The second kappa shape index (κ2) is 5.87. The zero-order chi connectivity index (χ0) is 13.0. The van der Waals surface area contributed by atoms with Gasteiger partial charge in [0.1, 0.15) is 0 Å². The maximum Gasteiger partial charge on any atom is 0.315 e. The van der Waals surface area contributed by atoms with Crippen molar-refractivity contribution in [1.82, 2.24) is 10.6 Å². The summed E-state index contributed by atoms with van der Waals surface area (Å²) in [6, 6.07) is 9.89. The number of urea groups is 1. The predicted octanol–water partition coefficient (Wildman–Crippen LogP) is 1.30. The fraction of sp³-hybridized carbons (Fsp3) is 0.500. The lowest BCUT2D eigenvalue weighted by Gasteiger charge is -2.12. The van der Waals surface area contributed by atoms with Gasteiger partial charge in [0.25, 0.3) is 0 Å². The molecule has 0 radical (unpaired) electrons. The lowest BCUT2D eigenvalue weighted by Crippen LogP contribution is -2.41. The van der Waals surface area contributed by atoms with E-state index in [2.05, 4.69) is 17.6 Å². The summed E-state index contributed by atoms with van der Waals surface area (Å²) >= 11 is 0. The lowest BCUT2D eigenvalue weighted by molar-refractivity contribution is 0.170. The van der Waals surface area contributed by atoms with Crippen LogP contribution < -0.4 is 10.6 Å². The highest BCUT2D eigenvalue weighted by Crippen LogP contribution is 2.28. The fourth-order valence-electron chi connectivity index (χ4n) is 1.91. The van der Waals surface area contributed by atoms with Crippen LogP contribution in [-0.4, -0.2) is 29.8 Å². The molecule has 0 bridgehead atoms. The van der Waals surface area contributed by atoms with Gasteiger partial charge in [-0.25, -0.2) is 4.79 Å². The average molecular weight is 248 g/mol. The quantitative estimate of drug-likeness (QED) is 0.735. The normalized spacial score (nSPS) is 23.2. The van der Waals surface area contributed by atoms with Crippen molar-refractivity contribution < 1.29 is 9.90 Å². The smallest absolute Gasteiger partial charge is 0.315 e. The van der Waals surface area contributed by atoms with Gasteiger partial charge in [0, 0.05) is 19.0 Å². The fourth-order valence-corrected chi connectivity index (χ4v) is 1.91. The van der Waals surface area contributed by atoms with Gasteiger partial charge in [-0.15, -0.1) is 0 Å². The van der Waals surface area contributed by atoms with Crippen molar-refractivity contribution in [3.8, 4) is 0 Å². The molecular weight excluding hydrogens is 228 g/mol. The molecule has 1 fully saturated rings. The van der Waals surface area contributed by atoms with E-state index in [4.69, 9.17) is 0 Å². The largest absolute Gasteiger partial charge is 0.391 e. The van der Waals surface area contributed by atoms with Crippen LogP contribution in [0.1, 0.15) is 18.9 Å². The SMILES string of the molecule is CC1CC1NC(=O)NCC(O)Cc1ccccc1. The maximum absolute atomic E-state index is 11.5. The standard InChI is InChI=1S/C14H20N2O2/c1-10-7-13(10)16-14(18)15-9-12(17)8-11-5-3-2-4-6-11/h2-6,10,12-13,17H,7-9H2,1H3,(H2,15,16,18). The Morgan fingerprint density at radius 3 is 2.72 bits per heavy atom. The second-order valence-corrected chi connectivity index (χ2v) is 5.02. The van der Waals surface area contributed by atoms with Crippen molar-refractivity contribution in [3.63, 3.8) is 0 Å². The molecule has 1 saturated carbocycles. The van der Waals surface area contributed by atoms with E-state index in [0.717, 1.165) is 12.0 Å². The van der Waals surface area contributed by atoms with Crippen LogP contribution in [0.15, 0.2) is 30.3 Å². The third-order valence-corrected chi connectivity index (χ3v) is 3.24. The van der Waals surface area contributed by atoms with Crippen LogP contribution in [-0.2, 0) is 6.42 Å². The highest BCUT2D eigenvalue weighted by atomic mass is 16.3. The summed E-state index contributed by atoms with van der Waals surface area (Å²) in [5.41, 5.74) is 1.07. The van der Waals surface area contributed by atoms with E-state index in [1.807, 2.05) is 30.3 Å². The third-order valence-electron chi connectivity index (χ3n) is 3.24. The van der Waals surface area contributed by atoms with Gasteiger partial charge in [0.2, 0.25) is 0 Å². The van der Waals surface area contributed by atoms with Gasteiger partial charge < -0.3 is 15.7 Å². The zero-order valence-corrected chi connectivity index (χ0v) is 10.6. The summed E-state index contributed by atoms with van der Waals surface area (Å²) in [6.45, 7) is 2.39. The highest BCUT2D eigenvalue weighted by Gasteiger charge is 2.33. The molecule has 3 unspecified atom stereocenters. The molecule has 0 saturated heterocycles. The van der Waals surface area contributed by atoms with E-state index in [0.29, 0.717) is 18.4 Å². The van der Waals surface area contributed by atoms with Gasteiger partial charge in [-0.3, -0.25) is 0 Å². The molecule has 98 valence electrons. The summed E-state index contributed by atoms with van der Waals surface area (Å²) in [6.07, 6.45) is 1.07. The molecule has 0 heterocycles. The summed E-state index contributed by atoms with van der Waals surface area (Å²) in [4.78, 5) is 11.5. The molecule has 0 aliphatic heterocycles. The first kappa shape index (κ1) is 12.9. The topological polar surface area (TPSA) is 61.4 Å². The molecule has 0 spiro atoms. The van der Waals surface area contributed by atoms with Crippen LogP contribution in [0.2, 0.25) is 0 Å². The van der Waals surface area contributed by atoms with E-state index >= 15 is 0 Å². The van der Waals surface area contributed by atoms with Crippen LogP contribution >= 0.6 is 0 Å². The molecule has 1 aliphatic carbocycles. The number of aliphatic hydroxyl groups excluding tert-OH is 1. The maximum atomic E-state index is 11.5. The average Bonchev–Trinajstić information content (AvgIpc) is 3.03. The minimum atomic E-state index is -0.547. The Kier molecular flexibility index (Phi) is 4.20. The van der Waals surface area contributed by atoms with Crippen LogP contribution in [0, 0.1) is 5.92 Å². The first-order valence-corrected chi connectivity index (χ1v) is 6.41. The number of rotatable bonds is 5. The Labute approximate surface area is 107 Å². The van der Waals surface area contributed by atoms with Crippen LogP contribution in [0.25, 0.3) is 0 Å². The van der Waals surface area contributed by atoms with Crippen molar-refractivity contribution in [2.45, 2.75) is 31.9 Å². The Hall–Kier alpha value is -1.55. The number of carbonyl (C=O) groups is 1. The van der Waals surface area contributed by atoms with Gasteiger partial charge in [-0.2, -0.15) is 0 Å². The molecule has 2 amide bonds. The molecule has 1 aromatic rings. The summed E-state index contributed by atoms with van der Waals surface area (Å²) < 4.78 is 0. The minimum Gasteiger partial charge on any atom is -0.391 e. The number of aliphatic hydroxyl groups is 1. The summed E-state index contributed by atoms with van der Waals surface area (Å²) in [5, 5.41) is 15.4. The summed E-state index contributed by atoms with van der Waals surface area (Å²) in [5.74, 6) is 0.588. The molecule has 3 atom stereocenters. The number of carbonyl (C=O) groups excluding carboxylic acids is 1. The minimum absolute atomic E-state index is 0.184. The van der Waals surface area contributed by atoms with Gasteiger partial charge >= 0.3 is 6.03 Å².